The van der Waals surface area contributed by atoms with Gasteiger partial charge in [0.15, 0.2) is 13.3 Å². The lowest BCUT2D eigenvalue weighted by Crippen LogP contribution is -2.21. The van der Waals surface area contributed by atoms with Crippen LogP contribution in [-0.2, 0) is 16.3 Å². The molecule has 0 bridgehead atoms. The first-order valence-electron chi connectivity index (χ1n) is 7.17. The molecule has 1 heterocycles. The summed E-state index contributed by atoms with van der Waals surface area (Å²) in [6, 6.07) is 12.5. The molecule has 3 aromatic rings. The molecule has 0 saturated heterocycles. The quantitative estimate of drug-likeness (QED) is 0.650. The molecule has 0 spiro atoms. The molecule has 0 aliphatic rings. The Labute approximate surface area is 147 Å². The van der Waals surface area contributed by atoms with Crippen LogP contribution >= 0.6 is 22.9 Å². The molecule has 0 atom stereocenters. The van der Waals surface area contributed by atoms with Gasteiger partial charge >= 0.3 is 10.8 Å². The van der Waals surface area contributed by atoms with Crippen molar-refractivity contribution in [2.24, 2.45) is 0 Å². The predicted molar refractivity (Wildman–Crippen MR) is 93.9 cm³/mol. The number of thiazole rings is 1. The number of aryl methyl sites for hydroxylation is 1. The van der Waals surface area contributed by atoms with Crippen molar-refractivity contribution >= 4 is 39.1 Å². The highest BCUT2D eigenvalue weighted by Crippen LogP contribution is 2.21. The Balaban J connectivity index is 1.61. The van der Waals surface area contributed by atoms with Crippen molar-refractivity contribution in [3.8, 4) is 5.75 Å². The molecule has 3 rings (SSSR count). The van der Waals surface area contributed by atoms with Crippen molar-refractivity contribution in [2.75, 3.05) is 6.61 Å². The predicted octanol–water partition coefficient (Wildman–Crippen LogP) is 3.60. The molecule has 0 aliphatic heterocycles. The van der Waals surface area contributed by atoms with Gasteiger partial charge in [-0.15, -0.1) is 0 Å². The first kappa shape index (κ1) is 16.5. The van der Waals surface area contributed by atoms with E-state index in [0.29, 0.717) is 10.8 Å². The van der Waals surface area contributed by atoms with Crippen LogP contribution in [0, 0.1) is 6.92 Å². The van der Waals surface area contributed by atoms with E-state index in [1.165, 1.54) is 4.57 Å². The lowest BCUT2D eigenvalue weighted by molar-refractivity contribution is -0.149. The van der Waals surface area contributed by atoms with Gasteiger partial charge in [-0.3, -0.25) is 9.36 Å². The van der Waals surface area contributed by atoms with E-state index in [4.69, 9.17) is 21.1 Å². The Bertz CT molecular complexity index is 947. The summed E-state index contributed by atoms with van der Waals surface area (Å²) >= 11 is 6.99. The molecular weight excluding hydrogens is 350 g/mol. The summed E-state index contributed by atoms with van der Waals surface area (Å²) in [6.07, 6.45) is 0. The van der Waals surface area contributed by atoms with Gasteiger partial charge < -0.3 is 9.47 Å². The van der Waals surface area contributed by atoms with Crippen LogP contribution in [0.15, 0.2) is 47.3 Å². The van der Waals surface area contributed by atoms with Gasteiger partial charge in [0, 0.05) is 5.02 Å². The van der Waals surface area contributed by atoms with Gasteiger partial charge in [-0.25, -0.2) is 4.79 Å². The number of fused-ring (bicyclic) bond motifs is 1. The average molecular weight is 364 g/mol. The van der Waals surface area contributed by atoms with E-state index in [0.717, 1.165) is 27.1 Å². The summed E-state index contributed by atoms with van der Waals surface area (Å²) in [5.41, 5.74) is 1.57. The molecule has 0 fully saturated rings. The molecule has 1 aromatic heterocycles. The lowest BCUT2D eigenvalue weighted by Gasteiger charge is -2.10. The molecule has 0 unspecified atom stereocenters. The third kappa shape index (κ3) is 3.60. The standard InChI is InChI=1S/C17H14ClNO4S/c1-11-8-12(18)6-7-14(11)22-9-16(20)23-10-19-13-4-2-3-5-15(13)24-17(19)21/h2-8H,9-10H2,1H3. The Morgan fingerprint density at radius 3 is 2.83 bits per heavy atom. The maximum Gasteiger partial charge on any atom is 0.345 e. The molecule has 24 heavy (non-hydrogen) atoms. The first-order chi connectivity index (χ1) is 11.5. The van der Waals surface area contributed by atoms with Crippen LogP contribution in [0.25, 0.3) is 10.2 Å². The molecule has 0 aliphatic carbocycles. The molecular formula is C17H14ClNO4S. The fourth-order valence-electron chi connectivity index (χ4n) is 2.23. The fourth-order valence-corrected chi connectivity index (χ4v) is 3.33. The number of para-hydroxylation sites is 1. The Morgan fingerprint density at radius 1 is 1.25 bits per heavy atom. The van der Waals surface area contributed by atoms with Gasteiger partial charge in [0.25, 0.3) is 0 Å². The number of nitrogens with zero attached hydrogens (tertiary/aromatic N) is 1. The van der Waals surface area contributed by atoms with Crippen molar-refractivity contribution < 1.29 is 14.3 Å². The summed E-state index contributed by atoms with van der Waals surface area (Å²) in [5.74, 6) is 0.0148. The Hall–Kier alpha value is -2.31. The second kappa shape index (κ2) is 7.07. The SMILES string of the molecule is Cc1cc(Cl)ccc1OCC(=O)OCn1c(=O)sc2ccccc21. The first-order valence-corrected chi connectivity index (χ1v) is 8.37. The van der Waals surface area contributed by atoms with Gasteiger partial charge in [0.2, 0.25) is 0 Å². The molecule has 124 valence electrons. The highest BCUT2D eigenvalue weighted by molar-refractivity contribution is 7.16. The van der Waals surface area contributed by atoms with Crippen LogP contribution < -0.4 is 9.61 Å². The number of esters is 1. The maximum atomic E-state index is 12.0. The summed E-state index contributed by atoms with van der Waals surface area (Å²) in [7, 11) is 0. The van der Waals surface area contributed by atoms with Crippen molar-refractivity contribution in [1.29, 1.82) is 0 Å². The minimum atomic E-state index is -0.550. The van der Waals surface area contributed by atoms with E-state index in [-0.39, 0.29) is 18.2 Å². The van der Waals surface area contributed by atoms with Crippen molar-refractivity contribution in [1.82, 2.24) is 4.57 Å². The summed E-state index contributed by atoms with van der Waals surface area (Å²) in [4.78, 5) is 23.6. The minimum Gasteiger partial charge on any atom is -0.482 e. The fraction of sp³-hybridized carbons (Fsp3) is 0.176. The topological polar surface area (TPSA) is 57.5 Å². The summed E-state index contributed by atoms with van der Waals surface area (Å²) in [5, 5.41) is 0.603. The van der Waals surface area contributed by atoms with Gasteiger partial charge in [-0.1, -0.05) is 35.1 Å². The van der Waals surface area contributed by atoms with Crippen LogP contribution in [-0.4, -0.2) is 17.1 Å². The number of hydrogen-bond acceptors (Lipinski definition) is 5. The van der Waals surface area contributed by atoms with Gasteiger partial charge in [0.05, 0.1) is 10.2 Å². The van der Waals surface area contributed by atoms with Crippen molar-refractivity contribution in [2.45, 2.75) is 13.7 Å². The lowest BCUT2D eigenvalue weighted by atomic mass is 10.2. The number of carbonyl (C=O) groups excluding carboxylic acids is 1. The Morgan fingerprint density at radius 2 is 2.04 bits per heavy atom. The number of benzene rings is 2. The molecule has 0 N–H and O–H groups in total. The van der Waals surface area contributed by atoms with Crippen LogP contribution in [0.1, 0.15) is 5.56 Å². The Kier molecular flexibility index (Phi) is 4.87. The van der Waals surface area contributed by atoms with E-state index in [1.807, 2.05) is 31.2 Å². The molecule has 7 heteroatoms. The number of rotatable bonds is 5. The summed E-state index contributed by atoms with van der Waals surface area (Å²) < 4.78 is 12.8. The van der Waals surface area contributed by atoms with Crippen LogP contribution in [0.4, 0.5) is 0 Å². The highest BCUT2D eigenvalue weighted by atomic mass is 35.5. The minimum absolute atomic E-state index is 0.134. The van der Waals surface area contributed by atoms with E-state index in [9.17, 15) is 9.59 Å². The van der Waals surface area contributed by atoms with E-state index in [1.54, 1.807) is 18.2 Å². The zero-order chi connectivity index (χ0) is 17.1. The van der Waals surface area contributed by atoms with Crippen LogP contribution in [0.2, 0.25) is 5.02 Å². The largest absolute Gasteiger partial charge is 0.482 e. The average Bonchev–Trinajstić information content (AvgIpc) is 2.87. The third-order valence-electron chi connectivity index (χ3n) is 3.41. The molecule has 2 aromatic carbocycles. The van der Waals surface area contributed by atoms with E-state index < -0.39 is 5.97 Å². The number of carbonyl (C=O) groups is 1. The van der Waals surface area contributed by atoms with E-state index >= 15 is 0 Å². The smallest absolute Gasteiger partial charge is 0.345 e. The number of aromatic nitrogens is 1. The molecule has 5 nitrogen and oxygen atoms in total. The van der Waals surface area contributed by atoms with Gasteiger partial charge in [-0.05, 0) is 42.8 Å². The highest BCUT2D eigenvalue weighted by Gasteiger charge is 2.10. The monoisotopic (exact) mass is 363 g/mol. The number of ether oxygens (including phenoxy) is 2. The number of hydrogen-bond donors (Lipinski definition) is 0. The maximum absolute atomic E-state index is 12.0. The van der Waals surface area contributed by atoms with Crippen LogP contribution in [0.5, 0.6) is 5.75 Å². The molecule has 0 saturated carbocycles. The summed E-state index contributed by atoms with van der Waals surface area (Å²) in [6.45, 7) is 1.47. The molecule has 0 radical (unpaired) electrons. The normalized spacial score (nSPS) is 10.8. The second-order valence-corrected chi connectivity index (χ2v) is 6.54. The van der Waals surface area contributed by atoms with Crippen molar-refractivity contribution in [3.63, 3.8) is 0 Å². The zero-order valence-corrected chi connectivity index (χ0v) is 14.4. The van der Waals surface area contributed by atoms with Crippen LogP contribution in [0.3, 0.4) is 0 Å². The van der Waals surface area contributed by atoms with Gasteiger partial charge in [0.1, 0.15) is 5.75 Å². The van der Waals surface area contributed by atoms with Crippen molar-refractivity contribution in [3.05, 3.63) is 62.7 Å². The number of halogens is 1. The molecule has 0 amide bonds. The second-order valence-electron chi connectivity index (χ2n) is 5.11. The third-order valence-corrected chi connectivity index (χ3v) is 4.61. The van der Waals surface area contributed by atoms with E-state index in [2.05, 4.69) is 0 Å². The van der Waals surface area contributed by atoms with Gasteiger partial charge in [-0.2, -0.15) is 0 Å². The zero-order valence-electron chi connectivity index (χ0n) is 12.8.